The summed E-state index contributed by atoms with van der Waals surface area (Å²) in [5.41, 5.74) is 0.855. The molecular weight excluding hydrogens is 364 g/mol. The lowest BCUT2D eigenvalue weighted by atomic mass is 9.96. The monoisotopic (exact) mass is 388 g/mol. The van der Waals surface area contributed by atoms with E-state index in [0.717, 1.165) is 44.8 Å². The van der Waals surface area contributed by atoms with Gasteiger partial charge in [-0.2, -0.15) is 0 Å². The number of ketones is 1. The first-order chi connectivity index (χ1) is 13.6. The number of aliphatic hydroxyl groups is 1. The molecule has 1 amide bonds. The van der Waals surface area contributed by atoms with Crippen molar-refractivity contribution in [3.05, 3.63) is 35.1 Å². The Balaban J connectivity index is 1.55. The number of nitrogens with zero attached hydrogens (tertiary/aromatic N) is 2. The number of fused-ring (bicyclic) bond motifs is 1. The second-order valence-corrected chi connectivity index (χ2v) is 7.14. The average molecular weight is 388 g/mol. The molecule has 28 heavy (non-hydrogen) atoms. The molecule has 1 unspecified atom stereocenters. The minimum absolute atomic E-state index is 0.134. The highest BCUT2D eigenvalue weighted by atomic mass is 16.7. The summed E-state index contributed by atoms with van der Waals surface area (Å²) in [4.78, 5) is 28.8. The first-order valence-electron chi connectivity index (χ1n) is 9.51. The van der Waals surface area contributed by atoms with Crippen LogP contribution in [-0.2, 0) is 14.3 Å². The van der Waals surface area contributed by atoms with Crippen molar-refractivity contribution in [2.24, 2.45) is 0 Å². The largest absolute Gasteiger partial charge is 0.503 e. The van der Waals surface area contributed by atoms with Crippen molar-refractivity contribution in [1.29, 1.82) is 0 Å². The van der Waals surface area contributed by atoms with Gasteiger partial charge in [0.05, 0.1) is 24.8 Å². The molecule has 1 fully saturated rings. The number of Topliss-reactive ketones (excluding diaryl/α,β-unsaturated/α-hetero) is 1. The Morgan fingerprint density at radius 2 is 1.93 bits per heavy atom. The Labute approximate surface area is 163 Å². The Morgan fingerprint density at radius 3 is 2.68 bits per heavy atom. The number of amides is 1. The fraction of sp³-hybridized carbons (Fsp3) is 0.500. The van der Waals surface area contributed by atoms with Gasteiger partial charge in [-0.3, -0.25) is 14.5 Å². The number of carbonyl (C=O) groups excluding carboxylic acids is 2. The summed E-state index contributed by atoms with van der Waals surface area (Å²) in [5, 5.41) is 10.4. The Bertz CT molecular complexity index is 815. The standard InChI is InChI=1S/C20H24N2O6/c1-13(23)17-18(14-3-4-15-16(11-14)28-12-27-15)22(20(25)19(17)24)6-2-5-21-7-9-26-10-8-21/h3-4,11,18,24H,2,5-10,12H2,1H3. The van der Waals surface area contributed by atoms with Gasteiger partial charge in [-0.1, -0.05) is 6.07 Å². The van der Waals surface area contributed by atoms with Crippen LogP contribution in [-0.4, -0.2) is 72.8 Å². The first-order valence-corrected chi connectivity index (χ1v) is 9.51. The molecule has 8 heteroatoms. The van der Waals surface area contributed by atoms with Gasteiger partial charge in [-0.25, -0.2) is 0 Å². The predicted molar refractivity (Wildman–Crippen MR) is 99.2 cm³/mol. The van der Waals surface area contributed by atoms with Crippen molar-refractivity contribution in [3.63, 3.8) is 0 Å². The van der Waals surface area contributed by atoms with E-state index in [1.54, 1.807) is 17.0 Å². The van der Waals surface area contributed by atoms with Gasteiger partial charge in [0.25, 0.3) is 5.91 Å². The van der Waals surface area contributed by atoms with Crippen molar-refractivity contribution in [2.75, 3.05) is 46.2 Å². The molecule has 3 aliphatic rings. The molecule has 1 saturated heterocycles. The second kappa shape index (κ2) is 7.81. The van der Waals surface area contributed by atoms with E-state index >= 15 is 0 Å². The third kappa shape index (κ3) is 3.45. The summed E-state index contributed by atoms with van der Waals surface area (Å²) in [7, 11) is 0. The predicted octanol–water partition coefficient (Wildman–Crippen LogP) is 1.42. The van der Waals surface area contributed by atoms with E-state index in [2.05, 4.69) is 4.90 Å². The van der Waals surface area contributed by atoms with E-state index in [9.17, 15) is 14.7 Å². The molecule has 0 radical (unpaired) electrons. The zero-order valence-electron chi connectivity index (χ0n) is 15.8. The number of benzene rings is 1. The molecule has 3 aliphatic heterocycles. The smallest absolute Gasteiger partial charge is 0.290 e. The van der Waals surface area contributed by atoms with Crippen LogP contribution in [0.5, 0.6) is 11.5 Å². The number of hydrogen-bond donors (Lipinski definition) is 1. The van der Waals surface area contributed by atoms with E-state index in [-0.39, 0.29) is 18.1 Å². The molecule has 0 aromatic heterocycles. The molecule has 0 bridgehead atoms. The van der Waals surface area contributed by atoms with Gasteiger partial charge in [-0.15, -0.1) is 0 Å². The van der Waals surface area contributed by atoms with E-state index in [1.807, 2.05) is 6.07 Å². The molecule has 1 atom stereocenters. The van der Waals surface area contributed by atoms with Crippen LogP contribution < -0.4 is 9.47 Å². The van der Waals surface area contributed by atoms with E-state index in [1.165, 1.54) is 6.92 Å². The third-order valence-corrected chi connectivity index (χ3v) is 5.37. The molecule has 0 saturated carbocycles. The lowest BCUT2D eigenvalue weighted by Gasteiger charge is -2.30. The number of carbonyl (C=O) groups is 2. The SMILES string of the molecule is CC(=O)C1=C(O)C(=O)N(CCCN2CCOCC2)C1c1ccc2c(c1)OCO2. The van der Waals surface area contributed by atoms with Gasteiger partial charge in [0.2, 0.25) is 6.79 Å². The highest BCUT2D eigenvalue weighted by Crippen LogP contribution is 2.41. The van der Waals surface area contributed by atoms with Gasteiger partial charge < -0.3 is 24.2 Å². The molecule has 0 spiro atoms. The number of morpholine rings is 1. The van der Waals surface area contributed by atoms with Gasteiger partial charge in [0.1, 0.15) is 0 Å². The molecule has 8 nitrogen and oxygen atoms in total. The number of rotatable bonds is 6. The third-order valence-electron chi connectivity index (χ3n) is 5.37. The topological polar surface area (TPSA) is 88.5 Å². The Kier molecular flexibility index (Phi) is 5.23. The van der Waals surface area contributed by atoms with Crippen molar-refractivity contribution in [1.82, 2.24) is 9.80 Å². The normalized spacial score (nSPS) is 22.2. The quantitative estimate of drug-likeness (QED) is 0.788. The van der Waals surface area contributed by atoms with E-state index in [4.69, 9.17) is 14.2 Å². The van der Waals surface area contributed by atoms with Crippen LogP contribution in [0.1, 0.15) is 24.9 Å². The minimum Gasteiger partial charge on any atom is -0.503 e. The lowest BCUT2D eigenvalue weighted by Crippen LogP contribution is -2.39. The molecule has 3 heterocycles. The number of aliphatic hydroxyl groups excluding tert-OH is 1. The minimum atomic E-state index is -0.621. The van der Waals surface area contributed by atoms with Crippen LogP contribution in [0.25, 0.3) is 0 Å². The van der Waals surface area contributed by atoms with Crippen LogP contribution in [0.4, 0.5) is 0 Å². The fourth-order valence-electron chi connectivity index (χ4n) is 3.96. The van der Waals surface area contributed by atoms with Gasteiger partial charge in [0, 0.05) is 26.2 Å². The molecule has 0 aliphatic carbocycles. The second-order valence-electron chi connectivity index (χ2n) is 7.14. The average Bonchev–Trinajstić information content (AvgIpc) is 3.26. The van der Waals surface area contributed by atoms with Crippen LogP contribution >= 0.6 is 0 Å². The molecular formula is C20H24N2O6. The maximum absolute atomic E-state index is 12.7. The summed E-state index contributed by atoms with van der Waals surface area (Å²) < 4.78 is 16.1. The summed E-state index contributed by atoms with van der Waals surface area (Å²) >= 11 is 0. The summed E-state index contributed by atoms with van der Waals surface area (Å²) in [6, 6.07) is 4.73. The molecule has 4 rings (SSSR count). The summed E-state index contributed by atoms with van der Waals surface area (Å²) in [6.07, 6.45) is 0.741. The van der Waals surface area contributed by atoms with E-state index in [0.29, 0.717) is 18.0 Å². The van der Waals surface area contributed by atoms with Crippen LogP contribution in [0.15, 0.2) is 29.5 Å². The van der Waals surface area contributed by atoms with Crippen molar-refractivity contribution in [3.8, 4) is 11.5 Å². The van der Waals surface area contributed by atoms with E-state index < -0.39 is 17.7 Å². The van der Waals surface area contributed by atoms with Crippen LogP contribution in [0.2, 0.25) is 0 Å². The highest BCUT2D eigenvalue weighted by Gasteiger charge is 2.42. The Morgan fingerprint density at radius 1 is 1.18 bits per heavy atom. The maximum atomic E-state index is 12.7. The van der Waals surface area contributed by atoms with Crippen molar-refractivity contribution in [2.45, 2.75) is 19.4 Å². The van der Waals surface area contributed by atoms with Gasteiger partial charge in [0.15, 0.2) is 23.0 Å². The summed E-state index contributed by atoms with van der Waals surface area (Å²) in [6.45, 7) is 5.98. The number of ether oxygens (including phenoxy) is 3. The van der Waals surface area contributed by atoms with Gasteiger partial charge >= 0.3 is 0 Å². The Hall–Kier alpha value is -2.58. The molecule has 1 aromatic rings. The molecule has 1 N–H and O–H groups in total. The number of hydrogen-bond acceptors (Lipinski definition) is 7. The highest BCUT2D eigenvalue weighted by molar-refractivity contribution is 6.08. The van der Waals surface area contributed by atoms with Crippen LogP contribution in [0, 0.1) is 0 Å². The van der Waals surface area contributed by atoms with Crippen molar-refractivity contribution >= 4 is 11.7 Å². The van der Waals surface area contributed by atoms with Gasteiger partial charge in [-0.05, 0) is 31.0 Å². The fourth-order valence-corrected chi connectivity index (χ4v) is 3.96. The summed E-state index contributed by atoms with van der Waals surface area (Å²) in [5.74, 6) is -0.0717. The maximum Gasteiger partial charge on any atom is 0.290 e. The zero-order chi connectivity index (χ0) is 19.7. The molecule has 1 aromatic carbocycles. The first kappa shape index (κ1) is 18.8. The van der Waals surface area contributed by atoms with Crippen molar-refractivity contribution < 1.29 is 28.9 Å². The lowest BCUT2D eigenvalue weighted by molar-refractivity contribution is -0.129. The molecule has 150 valence electrons. The van der Waals surface area contributed by atoms with Crippen LogP contribution in [0.3, 0.4) is 0 Å². The zero-order valence-corrected chi connectivity index (χ0v) is 15.8.